The van der Waals surface area contributed by atoms with Crippen molar-refractivity contribution in [3.05, 3.63) is 71.1 Å². The molecule has 0 bridgehead atoms. The van der Waals surface area contributed by atoms with Crippen molar-refractivity contribution in [3.63, 3.8) is 0 Å². The molecule has 8 nitrogen and oxygen atoms in total. The summed E-state index contributed by atoms with van der Waals surface area (Å²) in [7, 11) is 0. The Morgan fingerprint density at radius 1 is 1.15 bits per heavy atom. The van der Waals surface area contributed by atoms with Gasteiger partial charge in [0.1, 0.15) is 17.6 Å². The number of aryl methyl sites for hydroxylation is 1. The van der Waals surface area contributed by atoms with Gasteiger partial charge in [0.15, 0.2) is 0 Å². The lowest BCUT2D eigenvalue weighted by Crippen LogP contribution is -2.52. The van der Waals surface area contributed by atoms with E-state index in [4.69, 9.17) is 19.1 Å². The third-order valence-corrected chi connectivity index (χ3v) is 6.72. The molecule has 0 aliphatic carbocycles. The number of hydrogen-bond donors (Lipinski definition) is 1. The van der Waals surface area contributed by atoms with Crippen molar-refractivity contribution in [2.24, 2.45) is 0 Å². The lowest BCUT2D eigenvalue weighted by Gasteiger charge is -2.37. The fourth-order valence-electron chi connectivity index (χ4n) is 3.81. The van der Waals surface area contributed by atoms with E-state index < -0.39 is 6.16 Å². The van der Waals surface area contributed by atoms with Gasteiger partial charge in [-0.1, -0.05) is 30.3 Å². The molecule has 1 N–H and O–H groups in total. The van der Waals surface area contributed by atoms with Crippen molar-refractivity contribution in [2.75, 3.05) is 13.1 Å². The largest absolute Gasteiger partial charge is 0.506 e. The maximum absolute atomic E-state index is 10.7. The maximum atomic E-state index is 10.7. The van der Waals surface area contributed by atoms with Crippen LogP contribution in [0, 0.1) is 0 Å². The van der Waals surface area contributed by atoms with Crippen LogP contribution in [0.2, 0.25) is 0 Å². The minimum atomic E-state index is -1.22. The number of nitrogens with zero attached hydrogens (tertiary/aromatic N) is 3. The average Bonchev–Trinajstić information content (AvgIpc) is 3.46. The topological polar surface area (TPSA) is 97.9 Å². The summed E-state index contributed by atoms with van der Waals surface area (Å²) in [5, 5.41) is 12.9. The van der Waals surface area contributed by atoms with Gasteiger partial charge < -0.3 is 19.1 Å². The third kappa shape index (κ3) is 4.95. The van der Waals surface area contributed by atoms with Crippen molar-refractivity contribution in [1.82, 2.24) is 15.0 Å². The van der Waals surface area contributed by atoms with Crippen LogP contribution in [0.1, 0.15) is 17.4 Å². The summed E-state index contributed by atoms with van der Waals surface area (Å²) in [5.41, 5.74) is 2.05. The van der Waals surface area contributed by atoms with Crippen LogP contribution < -0.4 is 4.74 Å². The Hall–Kier alpha value is -3.69. The zero-order chi connectivity index (χ0) is 23.5. The predicted octanol–water partition coefficient (Wildman–Crippen LogP) is 5.70. The first kappa shape index (κ1) is 22.1. The fourth-order valence-corrected chi connectivity index (χ4v) is 5.03. The SMILES string of the molecule is CCc1cc(-c2noc(-c3ccc(Oc4ccccc4)cc3)n2)sc1CN1CC(OC(=O)O)C1. The molecule has 0 spiro atoms. The molecule has 2 aromatic heterocycles. The highest BCUT2D eigenvalue weighted by Crippen LogP contribution is 2.34. The van der Waals surface area contributed by atoms with Gasteiger partial charge in [-0.25, -0.2) is 4.79 Å². The van der Waals surface area contributed by atoms with E-state index in [-0.39, 0.29) is 6.10 Å². The van der Waals surface area contributed by atoms with Gasteiger partial charge in [-0.2, -0.15) is 4.98 Å². The second kappa shape index (κ2) is 9.66. The van der Waals surface area contributed by atoms with E-state index in [0.29, 0.717) is 24.8 Å². The number of benzene rings is 2. The molecular formula is C25H23N3O5S. The zero-order valence-electron chi connectivity index (χ0n) is 18.5. The Balaban J connectivity index is 1.26. The molecule has 3 heterocycles. The number of para-hydroxylation sites is 1. The number of thiophene rings is 1. The zero-order valence-corrected chi connectivity index (χ0v) is 19.3. The van der Waals surface area contributed by atoms with E-state index in [0.717, 1.165) is 34.9 Å². The van der Waals surface area contributed by atoms with Crippen molar-refractivity contribution >= 4 is 17.5 Å². The Labute approximate surface area is 200 Å². The van der Waals surface area contributed by atoms with Crippen LogP contribution in [0.5, 0.6) is 11.5 Å². The first-order valence-electron chi connectivity index (χ1n) is 11.0. The van der Waals surface area contributed by atoms with Crippen LogP contribution >= 0.6 is 11.3 Å². The number of rotatable bonds is 8. The van der Waals surface area contributed by atoms with Crippen LogP contribution in [-0.2, 0) is 17.7 Å². The van der Waals surface area contributed by atoms with Gasteiger partial charge in [0.25, 0.3) is 5.89 Å². The average molecular weight is 478 g/mol. The molecule has 0 amide bonds. The highest BCUT2D eigenvalue weighted by molar-refractivity contribution is 7.15. The Morgan fingerprint density at radius 2 is 1.88 bits per heavy atom. The number of likely N-dealkylation sites (tertiary alicyclic amines) is 1. The number of hydrogen-bond acceptors (Lipinski definition) is 8. The van der Waals surface area contributed by atoms with Gasteiger partial charge in [0.2, 0.25) is 5.82 Å². The first-order valence-corrected chi connectivity index (χ1v) is 11.8. The molecule has 0 saturated carbocycles. The molecule has 1 aliphatic rings. The standard InChI is InChI=1S/C25H23N3O5S/c1-2-16-12-21(34-22(16)15-28-13-20(14-28)32-25(29)30)23-26-24(33-27-23)17-8-10-19(11-9-17)31-18-6-4-3-5-7-18/h3-12,20H,2,13-15H2,1H3,(H,29,30). The van der Waals surface area contributed by atoms with Gasteiger partial charge in [-0.05, 0) is 54.4 Å². The van der Waals surface area contributed by atoms with E-state index in [2.05, 4.69) is 28.0 Å². The van der Waals surface area contributed by atoms with Crippen LogP contribution in [0.25, 0.3) is 22.2 Å². The van der Waals surface area contributed by atoms with Crippen LogP contribution in [-0.4, -0.2) is 45.5 Å². The number of aromatic nitrogens is 2. The lowest BCUT2D eigenvalue weighted by atomic mass is 10.1. The molecule has 34 heavy (non-hydrogen) atoms. The molecule has 1 fully saturated rings. The van der Waals surface area contributed by atoms with E-state index in [9.17, 15) is 4.79 Å². The van der Waals surface area contributed by atoms with Crippen molar-refractivity contribution in [1.29, 1.82) is 0 Å². The van der Waals surface area contributed by atoms with Gasteiger partial charge in [-0.3, -0.25) is 4.90 Å². The van der Waals surface area contributed by atoms with E-state index in [1.165, 1.54) is 10.4 Å². The molecule has 1 aliphatic heterocycles. The fraction of sp³-hybridized carbons (Fsp3) is 0.240. The first-order chi connectivity index (χ1) is 16.6. The van der Waals surface area contributed by atoms with Crippen molar-refractivity contribution in [2.45, 2.75) is 26.0 Å². The highest BCUT2D eigenvalue weighted by atomic mass is 32.1. The quantitative estimate of drug-likeness (QED) is 0.323. The molecule has 2 aromatic carbocycles. The second-order valence-electron chi connectivity index (χ2n) is 7.98. The Bertz CT molecular complexity index is 1260. The van der Waals surface area contributed by atoms with Crippen LogP contribution in [0.4, 0.5) is 4.79 Å². The molecule has 5 rings (SSSR count). The van der Waals surface area contributed by atoms with Gasteiger partial charge in [0.05, 0.1) is 4.88 Å². The monoisotopic (exact) mass is 477 g/mol. The third-order valence-electron chi connectivity index (χ3n) is 5.56. The normalized spacial score (nSPS) is 14.0. The van der Waals surface area contributed by atoms with E-state index in [1.807, 2.05) is 54.6 Å². The summed E-state index contributed by atoms with van der Waals surface area (Å²) < 4.78 is 16.2. The summed E-state index contributed by atoms with van der Waals surface area (Å²) in [6.07, 6.45) is -0.572. The van der Waals surface area contributed by atoms with Gasteiger partial charge in [0, 0.05) is 30.1 Å². The summed E-state index contributed by atoms with van der Waals surface area (Å²) in [5.74, 6) is 2.51. The number of ether oxygens (including phenoxy) is 2. The molecule has 1 saturated heterocycles. The highest BCUT2D eigenvalue weighted by Gasteiger charge is 2.30. The Morgan fingerprint density at radius 3 is 2.59 bits per heavy atom. The van der Waals surface area contributed by atoms with E-state index in [1.54, 1.807) is 11.3 Å². The molecular weight excluding hydrogens is 454 g/mol. The maximum Gasteiger partial charge on any atom is 0.506 e. The molecule has 0 unspecified atom stereocenters. The summed E-state index contributed by atoms with van der Waals surface area (Å²) in [6.45, 7) is 4.08. The molecule has 0 radical (unpaired) electrons. The summed E-state index contributed by atoms with van der Waals surface area (Å²) in [4.78, 5) is 19.6. The molecule has 9 heteroatoms. The minimum absolute atomic E-state index is 0.244. The summed E-state index contributed by atoms with van der Waals surface area (Å²) >= 11 is 1.64. The minimum Gasteiger partial charge on any atom is -0.457 e. The van der Waals surface area contributed by atoms with E-state index >= 15 is 0 Å². The van der Waals surface area contributed by atoms with Crippen LogP contribution in [0.3, 0.4) is 0 Å². The number of carbonyl (C=O) groups is 1. The van der Waals surface area contributed by atoms with Gasteiger partial charge in [-0.15, -0.1) is 11.3 Å². The molecule has 4 aromatic rings. The summed E-state index contributed by atoms with van der Waals surface area (Å²) in [6, 6.07) is 19.3. The second-order valence-corrected chi connectivity index (χ2v) is 9.11. The Kier molecular flexibility index (Phi) is 6.29. The number of carboxylic acid groups (broad SMARTS) is 1. The predicted molar refractivity (Wildman–Crippen MR) is 127 cm³/mol. The molecule has 174 valence electrons. The van der Waals surface area contributed by atoms with Crippen LogP contribution in [0.15, 0.2) is 65.2 Å². The van der Waals surface area contributed by atoms with Crippen molar-refractivity contribution < 1.29 is 23.9 Å². The molecule has 0 atom stereocenters. The lowest BCUT2D eigenvalue weighted by molar-refractivity contribution is -0.0360. The van der Waals surface area contributed by atoms with Crippen molar-refractivity contribution in [3.8, 4) is 33.7 Å². The van der Waals surface area contributed by atoms with Gasteiger partial charge >= 0.3 is 6.16 Å². The smallest absolute Gasteiger partial charge is 0.457 e.